The lowest BCUT2D eigenvalue weighted by Gasteiger charge is -2.14. The average Bonchev–Trinajstić information content (AvgIpc) is 2.83. The smallest absolute Gasteiger partial charge is 0.410 e. The van der Waals surface area contributed by atoms with Crippen LogP contribution in [0.3, 0.4) is 0 Å². The summed E-state index contributed by atoms with van der Waals surface area (Å²) >= 11 is 0. The third kappa shape index (κ3) is 3.87. The summed E-state index contributed by atoms with van der Waals surface area (Å²) in [7, 11) is 0. The highest BCUT2D eigenvalue weighted by atomic mass is 16.6. The van der Waals surface area contributed by atoms with Crippen LogP contribution in [0.1, 0.15) is 46.4 Å². The molecule has 5 nitrogen and oxygen atoms in total. The van der Waals surface area contributed by atoms with E-state index in [9.17, 15) is 4.79 Å². The van der Waals surface area contributed by atoms with Gasteiger partial charge in [-0.25, -0.2) is 9.48 Å². The molecule has 0 unspecified atom stereocenters. The molecule has 0 aliphatic rings. The molecule has 0 atom stereocenters. The van der Waals surface area contributed by atoms with Gasteiger partial charge in [-0.2, -0.15) is 5.10 Å². The number of rotatable bonds is 3. The fraction of sp³-hybridized carbons (Fsp3) is 0.412. The molecule has 1 aromatic carbocycles. The summed E-state index contributed by atoms with van der Waals surface area (Å²) in [6.45, 7) is 10.3. The van der Waals surface area contributed by atoms with E-state index in [1.807, 2.05) is 38.1 Å². The Morgan fingerprint density at radius 3 is 2.41 bits per heavy atom. The molecule has 1 amide bonds. The molecule has 1 N–H and O–H groups in total. The molecular formula is C17H23N3O2. The van der Waals surface area contributed by atoms with Crippen molar-refractivity contribution in [3.05, 3.63) is 42.1 Å². The first kappa shape index (κ1) is 16.1. The number of aromatic nitrogens is 2. The Bertz CT molecular complexity index is 640. The lowest BCUT2D eigenvalue weighted by molar-refractivity contribution is 0.215. The molecular weight excluding hydrogens is 278 g/mol. The molecule has 0 fully saturated rings. The van der Waals surface area contributed by atoms with E-state index >= 15 is 0 Å². The Morgan fingerprint density at radius 2 is 1.86 bits per heavy atom. The van der Waals surface area contributed by atoms with Crippen LogP contribution in [0.25, 0.3) is 0 Å². The van der Waals surface area contributed by atoms with Crippen molar-refractivity contribution in [3.63, 3.8) is 0 Å². The largest absolute Gasteiger partial charge is 0.418 e. The summed E-state index contributed by atoms with van der Waals surface area (Å²) in [6.07, 6.45) is -0.520. The second-order valence-electron chi connectivity index (χ2n) is 6.53. The zero-order chi connectivity index (χ0) is 16.3. The second-order valence-corrected chi connectivity index (χ2v) is 6.53. The molecule has 1 heterocycles. The lowest BCUT2D eigenvalue weighted by Crippen LogP contribution is -2.20. The van der Waals surface area contributed by atoms with Crippen LogP contribution in [-0.4, -0.2) is 15.9 Å². The number of hydrogen-bond donors (Lipinski definition) is 1. The number of amides is 1. The van der Waals surface area contributed by atoms with Crippen LogP contribution in [0.15, 0.2) is 36.4 Å². The van der Waals surface area contributed by atoms with Gasteiger partial charge in [-0.05, 0) is 26.0 Å². The number of nitrogens with zero attached hydrogens (tertiary/aromatic N) is 2. The number of carbonyl (C=O) groups excluding carboxylic acids is 1. The quantitative estimate of drug-likeness (QED) is 0.915. The van der Waals surface area contributed by atoms with Gasteiger partial charge in [-0.3, -0.25) is 5.32 Å². The number of carbonyl (C=O) groups is 1. The van der Waals surface area contributed by atoms with Gasteiger partial charge < -0.3 is 4.74 Å². The zero-order valence-corrected chi connectivity index (χ0v) is 13.8. The molecule has 0 saturated carbocycles. The monoisotopic (exact) mass is 301 g/mol. The number of nitrogens with one attached hydrogen (secondary N) is 1. The molecule has 2 rings (SSSR count). The molecule has 2 aromatic rings. The molecule has 0 aliphatic heterocycles. The maximum absolute atomic E-state index is 12.0. The molecule has 0 bridgehead atoms. The van der Waals surface area contributed by atoms with Crippen LogP contribution < -0.4 is 10.1 Å². The number of hydrogen-bond acceptors (Lipinski definition) is 3. The lowest BCUT2D eigenvalue weighted by atomic mass is 9.92. The third-order valence-corrected chi connectivity index (χ3v) is 3.18. The number of para-hydroxylation sites is 1. The summed E-state index contributed by atoms with van der Waals surface area (Å²) in [5.41, 5.74) is 0.844. The molecule has 0 saturated heterocycles. The van der Waals surface area contributed by atoms with Crippen LogP contribution in [0, 0.1) is 0 Å². The number of anilines is 1. The van der Waals surface area contributed by atoms with Gasteiger partial charge >= 0.3 is 6.09 Å². The minimum Gasteiger partial charge on any atom is -0.410 e. The normalized spacial score (nSPS) is 11.5. The molecule has 0 spiro atoms. The highest BCUT2D eigenvalue weighted by Gasteiger charge is 2.22. The fourth-order valence-corrected chi connectivity index (χ4v) is 1.97. The van der Waals surface area contributed by atoms with Gasteiger partial charge in [-0.1, -0.05) is 39.0 Å². The van der Waals surface area contributed by atoms with Gasteiger partial charge in [0.05, 0.1) is 5.69 Å². The Balaban J connectivity index is 2.18. The molecule has 5 heteroatoms. The van der Waals surface area contributed by atoms with E-state index in [0.29, 0.717) is 11.6 Å². The SMILES string of the molecule is CC(C)n1nc(C(C)(C)C)cc1NC(=O)Oc1ccccc1. The highest BCUT2D eigenvalue weighted by Crippen LogP contribution is 2.26. The average molecular weight is 301 g/mol. The van der Waals surface area contributed by atoms with Crippen LogP contribution in [-0.2, 0) is 5.41 Å². The van der Waals surface area contributed by atoms with Crippen molar-refractivity contribution in [1.82, 2.24) is 9.78 Å². The first-order valence-electron chi connectivity index (χ1n) is 7.41. The molecule has 1 aromatic heterocycles. The summed E-state index contributed by atoms with van der Waals surface area (Å²) in [5, 5.41) is 7.36. The number of ether oxygens (including phenoxy) is 1. The van der Waals surface area contributed by atoms with Crippen LogP contribution in [0.5, 0.6) is 5.75 Å². The van der Waals surface area contributed by atoms with Crippen LogP contribution in [0.4, 0.5) is 10.6 Å². The highest BCUT2D eigenvalue weighted by molar-refractivity contribution is 5.85. The van der Waals surface area contributed by atoms with Crippen molar-refractivity contribution in [2.24, 2.45) is 0 Å². The van der Waals surface area contributed by atoms with Crippen molar-refractivity contribution in [1.29, 1.82) is 0 Å². The Kier molecular flexibility index (Phi) is 4.54. The Morgan fingerprint density at radius 1 is 1.23 bits per heavy atom. The van der Waals surface area contributed by atoms with E-state index in [-0.39, 0.29) is 11.5 Å². The minimum atomic E-state index is -0.520. The molecule has 0 aliphatic carbocycles. The van der Waals surface area contributed by atoms with Gasteiger partial charge in [-0.15, -0.1) is 0 Å². The maximum atomic E-state index is 12.0. The van der Waals surface area contributed by atoms with Crippen molar-refractivity contribution in [2.45, 2.75) is 46.1 Å². The van der Waals surface area contributed by atoms with E-state index < -0.39 is 6.09 Å². The summed E-state index contributed by atoms with van der Waals surface area (Å²) in [4.78, 5) is 12.0. The molecule has 118 valence electrons. The van der Waals surface area contributed by atoms with E-state index in [2.05, 4.69) is 31.2 Å². The van der Waals surface area contributed by atoms with Crippen molar-refractivity contribution in [3.8, 4) is 5.75 Å². The van der Waals surface area contributed by atoms with Crippen molar-refractivity contribution in [2.75, 3.05) is 5.32 Å². The fourth-order valence-electron chi connectivity index (χ4n) is 1.97. The molecule has 0 radical (unpaired) electrons. The minimum absolute atomic E-state index is 0.0834. The van der Waals surface area contributed by atoms with Gasteiger partial charge in [0.15, 0.2) is 0 Å². The summed E-state index contributed by atoms with van der Waals surface area (Å²) in [5.74, 6) is 1.15. The van der Waals surface area contributed by atoms with Crippen molar-refractivity contribution >= 4 is 11.9 Å². The molecule has 22 heavy (non-hydrogen) atoms. The predicted molar refractivity (Wildman–Crippen MR) is 87.4 cm³/mol. The zero-order valence-electron chi connectivity index (χ0n) is 13.8. The Labute approximate surface area is 131 Å². The topological polar surface area (TPSA) is 56.2 Å². The Hall–Kier alpha value is -2.30. The van der Waals surface area contributed by atoms with Crippen LogP contribution in [0.2, 0.25) is 0 Å². The van der Waals surface area contributed by atoms with Gasteiger partial charge in [0.1, 0.15) is 11.6 Å². The predicted octanol–water partition coefficient (Wildman–Crippen LogP) is 4.37. The van der Waals surface area contributed by atoms with E-state index in [1.165, 1.54) is 0 Å². The van der Waals surface area contributed by atoms with E-state index in [1.54, 1.807) is 16.8 Å². The number of benzene rings is 1. The first-order valence-corrected chi connectivity index (χ1v) is 7.41. The van der Waals surface area contributed by atoms with Crippen LogP contribution >= 0.6 is 0 Å². The first-order chi connectivity index (χ1) is 10.3. The second kappa shape index (κ2) is 6.22. The van der Waals surface area contributed by atoms with Crippen molar-refractivity contribution < 1.29 is 9.53 Å². The third-order valence-electron chi connectivity index (χ3n) is 3.18. The summed E-state index contributed by atoms with van der Waals surface area (Å²) in [6, 6.07) is 11.0. The summed E-state index contributed by atoms with van der Waals surface area (Å²) < 4.78 is 7.06. The van der Waals surface area contributed by atoms with Gasteiger partial charge in [0, 0.05) is 17.5 Å². The van der Waals surface area contributed by atoms with E-state index in [0.717, 1.165) is 5.69 Å². The van der Waals surface area contributed by atoms with Gasteiger partial charge in [0.25, 0.3) is 0 Å². The standard InChI is InChI=1S/C17H23N3O2/c1-12(2)20-15(11-14(19-20)17(3,4)5)18-16(21)22-13-9-7-6-8-10-13/h6-12H,1-5H3,(H,18,21). The van der Waals surface area contributed by atoms with E-state index in [4.69, 9.17) is 4.74 Å². The van der Waals surface area contributed by atoms with Gasteiger partial charge in [0.2, 0.25) is 0 Å². The maximum Gasteiger partial charge on any atom is 0.418 e.